The van der Waals surface area contributed by atoms with Crippen LogP contribution in [-0.2, 0) is 4.79 Å². The van der Waals surface area contributed by atoms with Crippen LogP contribution in [-0.4, -0.2) is 54.0 Å². The zero-order valence-electron chi connectivity index (χ0n) is 13.4. The van der Waals surface area contributed by atoms with Crippen molar-refractivity contribution in [3.05, 3.63) is 0 Å². The highest BCUT2D eigenvalue weighted by atomic mass is 35.5. The van der Waals surface area contributed by atoms with E-state index in [-0.39, 0.29) is 36.8 Å². The fourth-order valence-electron chi connectivity index (χ4n) is 4.29. The van der Waals surface area contributed by atoms with Gasteiger partial charge >= 0.3 is 0 Å². The van der Waals surface area contributed by atoms with Gasteiger partial charge in [-0.25, -0.2) is 0 Å². The Morgan fingerprint density at radius 3 is 2.23 bits per heavy atom. The molecule has 6 heteroatoms. The molecule has 2 atom stereocenters. The van der Waals surface area contributed by atoms with Crippen LogP contribution < -0.4 is 5.73 Å². The molecule has 0 aromatic heterocycles. The Morgan fingerprint density at radius 1 is 0.864 bits per heavy atom. The Balaban J connectivity index is 0.00000121. The standard InChI is InChI=1S/C16H29N3O.2ClH/c17-14-7-6-13(12-14)16(20)19-9-3-8-18(10-11-19)15-4-1-2-5-15;;/h13-15H,1-12,17H2;2*1H. The van der Waals surface area contributed by atoms with Crippen molar-refractivity contribution in [2.45, 2.75) is 63.5 Å². The molecule has 1 aliphatic heterocycles. The molecule has 130 valence electrons. The van der Waals surface area contributed by atoms with Gasteiger partial charge in [0.05, 0.1) is 0 Å². The molecule has 4 nitrogen and oxygen atoms in total. The molecule has 0 aromatic rings. The van der Waals surface area contributed by atoms with Gasteiger partial charge in [0.2, 0.25) is 5.91 Å². The molecule has 0 bridgehead atoms. The number of hydrogen-bond acceptors (Lipinski definition) is 3. The van der Waals surface area contributed by atoms with Gasteiger partial charge in [0, 0.05) is 44.2 Å². The molecular weight excluding hydrogens is 321 g/mol. The first kappa shape index (κ1) is 20.0. The van der Waals surface area contributed by atoms with Crippen molar-refractivity contribution in [3.8, 4) is 0 Å². The minimum atomic E-state index is 0. The van der Waals surface area contributed by atoms with E-state index in [9.17, 15) is 4.79 Å². The molecule has 3 rings (SSSR count). The monoisotopic (exact) mass is 351 g/mol. The first-order valence-electron chi connectivity index (χ1n) is 8.52. The highest BCUT2D eigenvalue weighted by Gasteiger charge is 2.32. The Morgan fingerprint density at radius 2 is 1.59 bits per heavy atom. The van der Waals surface area contributed by atoms with Gasteiger partial charge in [-0.05, 0) is 38.5 Å². The summed E-state index contributed by atoms with van der Waals surface area (Å²) in [5.74, 6) is 0.592. The zero-order chi connectivity index (χ0) is 13.9. The van der Waals surface area contributed by atoms with E-state index >= 15 is 0 Å². The second kappa shape index (κ2) is 9.31. The third-order valence-corrected chi connectivity index (χ3v) is 5.51. The summed E-state index contributed by atoms with van der Waals surface area (Å²) in [5, 5.41) is 0. The first-order valence-corrected chi connectivity index (χ1v) is 8.52. The van der Waals surface area contributed by atoms with Gasteiger partial charge in [0.1, 0.15) is 0 Å². The second-order valence-corrected chi connectivity index (χ2v) is 6.92. The maximum atomic E-state index is 12.6. The van der Waals surface area contributed by atoms with E-state index in [4.69, 9.17) is 5.73 Å². The molecule has 2 N–H and O–H groups in total. The molecule has 3 fully saturated rings. The van der Waals surface area contributed by atoms with Crippen LogP contribution in [0.25, 0.3) is 0 Å². The summed E-state index contributed by atoms with van der Waals surface area (Å²) in [7, 11) is 0. The van der Waals surface area contributed by atoms with Crippen LogP contribution in [0.4, 0.5) is 0 Å². The number of amides is 1. The normalized spacial score (nSPS) is 30.5. The van der Waals surface area contributed by atoms with Crippen LogP contribution in [0.1, 0.15) is 51.4 Å². The lowest BCUT2D eigenvalue weighted by Crippen LogP contribution is -2.40. The SMILES string of the molecule is Cl.Cl.NC1CCC(C(=O)N2CCCN(C3CCCC3)CC2)C1. The lowest BCUT2D eigenvalue weighted by atomic mass is 10.1. The minimum Gasteiger partial charge on any atom is -0.341 e. The molecule has 0 radical (unpaired) electrons. The van der Waals surface area contributed by atoms with Crippen molar-refractivity contribution >= 4 is 30.7 Å². The van der Waals surface area contributed by atoms with Crippen molar-refractivity contribution in [2.75, 3.05) is 26.2 Å². The van der Waals surface area contributed by atoms with Gasteiger partial charge in [-0.2, -0.15) is 0 Å². The summed E-state index contributed by atoms with van der Waals surface area (Å²) in [5.41, 5.74) is 5.95. The molecule has 2 unspecified atom stereocenters. The van der Waals surface area contributed by atoms with E-state index in [1.165, 1.54) is 32.2 Å². The van der Waals surface area contributed by atoms with E-state index < -0.39 is 0 Å². The summed E-state index contributed by atoms with van der Waals surface area (Å²) in [6.45, 7) is 4.14. The predicted octanol–water partition coefficient (Wildman–Crippen LogP) is 2.43. The zero-order valence-corrected chi connectivity index (χ0v) is 15.0. The van der Waals surface area contributed by atoms with Crippen LogP contribution in [0.5, 0.6) is 0 Å². The second-order valence-electron chi connectivity index (χ2n) is 6.92. The van der Waals surface area contributed by atoms with E-state index in [1.807, 2.05) is 0 Å². The first-order chi connectivity index (χ1) is 9.74. The van der Waals surface area contributed by atoms with Crippen molar-refractivity contribution < 1.29 is 4.79 Å². The van der Waals surface area contributed by atoms with Crippen molar-refractivity contribution in [2.24, 2.45) is 11.7 Å². The molecule has 1 saturated heterocycles. The van der Waals surface area contributed by atoms with E-state index in [0.29, 0.717) is 5.91 Å². The molecule has 1 heterocycles. The molecule has 3 aliphatic rings. The summed E-state index contributed by atoms with van der Waals surface area (Å²) in [6.07, 6.45) is 9.59. The van der Waals surface area contributed by atoms with Gasteiger partial charge in [-0.1, -0.05) is 12.8 Å². The number of nitrogens with two attached hydrogens (primary N) is 1. The summed E-state index contributed by atoms with van der Waals surface area (Å²) in [6, 6.07) is 1.05. The third-order valence-electron chi connectivity index (χ3n) is 5.51. The van der Waals surface area contributed by atoms with Gasteiger partial charge in [0.15, 0.2) is 0 Å². The number of carbonyl (C=O) groups excluding carboxylic acids is 1. The lowest BCUT2D eigenvalue weighted by Gasteiger charge is -2.28. The Labute approximate surface area is 147 Å². The topological polar surface area (TPSA) is 49.6 Å². The summed E-state index contributed by atoms with van der Waals surface area (Å²) >= 11 is 0. The van der Waals surface area contributed by atoms with Crippen LogP contribution in [0.2, 0.25) is 0 Å². The quantitative estimate of drug-likeness (QED) is 0.830. The number of halogens is 2. The maximum absolute atomic E-state index is 12.6. The number of hydrogen-bond donors (Lipinski definition) is 1. The van der Waals surface area contributed by atoms with Crippen LogP contribution in [0.15, 0.2) is 0 Å². The van der Waals surface area contributed by atoms with Crippen LogP contribution >= 0.6 is 24.8 Å². The largest absolute Gasteiger partial charge is 0.341 e. The molecule has 22 heavy (non-hydrogen) atoms. The van der Waals surface area contributed by atoms with Gasteiger partial charge in [0.25, 0.3) is 0 Å². The van der Waals surface area contributed by atoms with E-state index in [0.717, 1.165) is 51.4 Å². The number of nitrogens with zero attached hydrogens (tertiary/aromatic N) is 2. The smallest absolute Gasteiger partial charge is 0.225 e. The summed E-state index contributed by atoms with van der Waals surface area (Å²) in [4.78, 5) is 17.3. The Hall–Kier alpha value is -0.0300. The van der Waals surface area contributed by atoms with Crippen molar-refractivity contribution in [1.29, 1.82) is 0 Å². The van der Waals surface area contributed by atoms with E-state index in [2.05, 4.69) is 9.80 Å². The fraction of sp³-hybridized carbons (Fsp3) is 0.938. The molecule has 1 amide bonds. The average Bonchev–Trinajstić information content (AvgIpc) is 3.05. The molecular formula is C16H31Cl2N3O. The highest BCUT2D eigenvalue weighted by Crippen LogP contribution is 2.28. The highest BCUT2D eigenvalue weighted by molar-refractivity contribution is 5.85. The lowest BCUT2D eigenvalue weighted by molar-refractivity contribution is -0.135. The molecule has 0 aromatic carbocycles. The van der Waals surface area contributed by atoms with Gasteiger partial charge < -0.3 is 10.6 Å². The summed E-state index contributed by atoms with van der Waals surface area (Å²) < 4.78 is 0. The number of rotatable bonds is 2. The third kappa shape index (κ3) is 4.73. The number of carbonyl (C=O) groups is 1. The van der Waals surface area contributed by atoms with Crippen molar-refractivity contribution in [3.63, 3.8) is 0 Å². The molecule has 0 spiro atoms. The minimum absolute atomic E-state index is 0. The maximum Gasteiger partial charge on any atom is 0.225 e. The van der Waals surface area contributed by atoms with Gasteiger partial charge in [-0.15, -0.1) is 24.8 Å². The van der Waals surface area contributed by atoms with Gasteiger partial charge in [-0.3, -0.25) is 9.69 Å². The predicted molar refractivity (Wildman–Crippen MR) is 94.8 cm³/mol. The fourth-order valence-corrected chi connectivity index (χ4v) is 4.29. The average molecular weight is 352 g/mol. The van der Waals surface area contributed by atoms with E-state index in [1.54, 1.807) is 0 Å². The molecule has 2 saturated carbocycles. The Kier molecular flexibility index (Phi) is 8.47. The Bertz CT molecular complexity index is 350. The van der Waals surface area contributed by atoms with Crippen molar-refractivity contribution in [1.82, 2.24) is 9.80 Å². The van der Waals surface area contributed by atoms with Crippen LogP contribution in [0.3, 0.4) is 0 Å². The van der Waals surface area contributed by atoms with Crippen LogP contribution in [0, 0.1) is 5.92 Å². The molecule has 2 aliphatic carbocycles.